The average molecular weight is 316 g/mol. The largest absolute Gasteiger partial charge is 0.480 e. The van der Waals surface area contributed by atoms with Crippen molar-refractivity contribution in [2.24, 2.45) is 0 Å². The van der Waals surface area contributed by atoms with Crippen molar-refractivity contribution in [3.63, 3.8) is 0 Å². The van der Waals surface area contributed by atoms with Crippen LogP contribution in [0.4, 0.5) is 0 Å². The van der Waals surface area contributed by atoms with Gasteiger partial charge < -0.3 is 10.4 Å². The van der Waals surface area contributed by atoms with E-state index in [1.807, 2.05) is 25.1 Å². The van der Waals surface area contributed by atoms with Crippen LogP contribution < -0.4 is 5.32 Å². The molecule has 6 heteroatoms. The molecule has 0 fully saturated rings. The Balaban J connectivity index is 2.59. The van der Waals surface area contributed by atoms with E-state index in [4.69, 9.17) is 11.6 Å². The Labute approximate surface area is 127 Å². The minimum atomic E-state index is -1.22. The zero-order chi connectivity index (χ0) is 15.2. The Kier molecular flexibility index (Phi) is 6.36. The third-order valence-electron chi connectivity index (χ3n) is 2.83. The Morgan fingerprint density at radius 3 is 2.60 bits per heavy atom. The predicted molar refractivity (Wildman–Crippen MR) is 81.3 cm³/mol. The van der Waals surface area contributed by atoms with Crippen molar-refractivity contribution in [2.45, 2.75) is 37.1 Å². The molecule has 0 aliphatic heterocycles. The summed E-state index contributed by atoms with van der Waals surface area (Å²) in [5, 5.41) is 12.4. The lowest BCUT2D eigenvalue weighted by molar-refractivity contribution is -0.146. The molecule has 0 radical (unpaired) electrons. The van der Waals surface area contributed by atoms with Gasteiger partial charge in [0, 0.05) is 4.90 Å². The summed E-state index contributed by atoms with van der Waals surface area (Å²) in [7, 11) is 0. The van der Waals surface area contributed by atoms with Gasteiger partial charge in [-0.25, -0.2) is 4.79 Å². The van der Waals surface area contributed by atoms with E-state index in [1.165, 1.54) is 18.7 Å². The van der Waals surface area contributed by atoms with Crippen LogP contribution in [-0.2, 0) is 9.59 Å². The minimum absolute atomic E-state index is 0.135. The molecular weight excluding hydrogens is 298 g/mol. The number of amides is 1. The third kappa shape index (κ3) is 4.72. The number of rotatable bonds is 7. The molecule has 20 heavy (non-hydrogen) atoms. The first-order chi connectivity index (χ1) is 9.39. The van der Waals surface area contributed by atoms with E-state index in [0.717, 1.165) is 4.90 Å². The van der Waals surface area contributed by atoms with Gasteiger partial charge in [-0.1, -0.05) is 37.1 Å². The molecule has 4 nitrogen and oxygen atoms in total. The van der Waals surface area contributed by atoms with Gasteiger partial charge in [0.1, 0.15) is 5.54 Å². The van der Waals surface area contributed by atoms with Crippen LogP contribution in [0.3, 0.4) is 0 Å². The van der Waals surface area contributed by atoms with Crippen LogP contribution in [0.25, 0.3) is 0 Å². The number of benzene rings is 1. The molecule has 0 saturated heterocycles. The van der Waals surface area contributed by atoms with Crippen LogP contribution in [-0.4, -0.2) is 28.3 Å². The van der Waals surface area contributed by atoms with Crippen LogP contribution in [0.15, 0.2) is 29.2 Å². The van der Waals surface area contributed by atoms with Crippen molar-refractivity contribution in [3.05, 3.63) is 29.3 Å². The molecule has 1 amide bonds. The summed E-state index contributed by atoms with van der Waals surface area (Å²) in [4.78, 5) is 23.9. The number of carbonyl (C=O) groups is 2. The normalized spacial score (nSPS) is 13.6. The van der Waals surface area contributed by atoms with E-state index < -0.39 is 11.5 Å². The Bertz CT molecular complexity index is 495. The second-order valence-corrected chi connectivity index (χ2v) is 6.08. The van der Waals surface area contributed by atoms with Gasteiger partial charge in [0.05, 0.1) is 10.8 Å². The van der Waals surface area contributed by atoms with Gasteiger partial charge in [-0.15, -0.1) is 11.8 Å². The second-order valence-electron chi connectivity index (χ2n) is 4.65. The fraction of sp³-hybridized carbons (Fsp3) is 0.429. The molecule has 0 spiro atoms. The van der Waals surface area contributed by atoms with Crippen molar-refractivity contribution >= 4 is 35.2 Å². The van der Waals surface area contributed by atoms with Crippen molar-refractivity contribution in [1.29, 1.82) is 0 Å². The first kappa shape index (κ1) is 16.9. The summed E-state index contributed by atoms with van der Waals surface area (Å²) in [6.07, 6.45) is 1.07. The van der Waals surface area contributed by atoms with E-state index >= 15 is 0 Å². The number of nitrogens with one attached hydrogen (secondary N) is 1. The van der Waals surface area contributed by atoms with E-state index in [9.17, 15) is 14.7 Å². The Morgan fingerprint density at radius 2 is 2.05 bits per heavy atom. The number of hydrogen-bond acceptors (Lipinski definition) is 3. The third-order valence-corrected chi connectivity index (χ3v) is 4.35. The lowest BCUT2D eigenvalue weighted by atomic mass is 9.96. The van der Waals surface area contributed by atoms with E-state index in [-0.39, 0.29) is 11.7 Å². The monoisotopic (exact) mass is 315 g/mol. The smallest absolute Gasteiger partial charge is 0.329 e. The molecule has 0 aromatic heterocycles. The van der Waals surface area contributed by atoms with Crippen molar-refractivity contribution in [1.82, 2.24) is 5.32 Å². The molecule has 0 bridgehead atoms. The lowest BCUT2D eigenvalue weighted by Gasteiger charge is -2.25. The number of carbonyl (C=O) groups excluding carboxylic acids is 1. The molecule has 1 aromatic rings. The van der Waals surface area contributed by atoms with Crippen LogP contribution >= 0.6 is 23.4 Å². The fourth-order valence-electron chi connectivity index (χ4n) is 1.77. The van der Waals surface area contributed by atoms with E-state index in [2.05, 4.69) is 5.32 Å². The lowest BCUT2D eigenvalue weighted by Crippen LogP contribution is -2.52. The number of aliphatic carboxylic acids is 1. The minimum Gasteiger partial charge on any atom is -0.480 e. The summed E-state index contributed by atoms with van der Waals surface area (Å²) >= 11 is 7.28. The maximum atomic E-state index is 11.9. The van der Waals surface area contributed by atoms with Crippen molar-refractivity contribution in [2.75, 3.05) is 5.75 Å². The summed E-state index contributed by atoms with van der Waals surface area (Å²) in [5.74, 6) is -1.19. The number of hydrogen-bond donors (Lipinski definition) is 2. The van der Waals surface area contributed by atoms with E-state index in [1.54, 1.807) is 6.07 Å². The highest BCUT2D eigenvalue weighted by Gasteiger charge is 2.33. The Hall–Kier alpha value is -1.20. The quantitative estimate of drug-likeness (QED) is 0.758. The standard InChI is InChI=1S/C14H18ClNO3S/c1-3-8-14(2,13(18)19)16-12(17)9-20-11-7-5-4-6-10(11)15/h4-7H,3,8-9H2,1-2H3,(H,16,17)(H,18,19). The molecule has 2 N–H and O–H groups in total. The average Bonchev–Trinajstić information content (AvgIpc) is 2.38. The van der Waals surface area contributed by atoms with Gasteiger partial charge in [0.25, 0.3) is 0 Å². The zero-order valence-electron chi connectivity index (χ0n) is 11.5. The topological polar surface area (TPSA) is 66.4 Å². The molecule has 0 aliphatic rings. The summed E-state index contributed by atoms with van der Waals surface area (Å²) in [6.45, 7) is 3.41. The summed E-state index contributed by atoms with van der Waals surface area (Å²) in [5.41, 5.74) is -1.22. The first-order valence-electron chi connectivity index (χ1n) is 6.31. The van der Waals surface area contributed by atoms with Crippen molar-refractivity contribution < 1.29 is 14.7 Å². The van der Waals surface area contributed by atoms with Crippen molar-refractivity contribution in [3.8, 4) is 0 Å². The Morgan fingerprint density at radius 1 is 1.40 bits per heavy atom. The van der Waals surface area contributed by atoms with Crippen LogP contribution in [0.1, 0.15) is 26.7 Å². The number of thioether (sulfide) groups is 1. The number of halogens is 1. The molecule has 1 aromatic carbocycles. The maximum Gasteiger partial charge on any atom is 0.329 e. The number of carboxylic acids is 1. The van der Waals surface area contributed by atoms with Gasteiger partial charge in [-0.2, -0.15) is 0 Å². The SMILES string of the molecule is CCCC(C)(NC(=O)CSc1ccccc1Cl)C(=O)O. The zero-order valence-corrected chi connectivity index (χ0v) is 13.1. The van der Waals surface area contributed by atoms with Crippen LogP contribution in [0.5, 0.6) is 0 Å². The molecule has 1 atom stereocenters. The molecule has 1 rings (SSSR count). The molecule has 110 valence electrons. The second kappa shape index (κ2) is 7.55. The highest BCUT2D eigenvalue weighted by atomic mass is 35.5. The first-order valence-corrected chi connectivity index (χ1v) is 7.67. The fourth-order valence-corrected chi connectivity index (χ4v) is 2.81. The number of carboxylic acid groups (broad SMARTS) is 1. The van der Waals surface area contributed by atoms with Gasteiger partial charge >= 0.3 is 5.97 Å². The molecule has 0 aliphatic carbocycles. The molecular formula is C14H18ClNO3S. The summed E-state index contributed by atoms with van der Waals surface area (Å²) in [6, 6.07) is 7.22. The molecule has 1 unspecified atom stereocenters. The maximum absolute atomic E-state index is 11.9. The highest BCUT2D eigenvalue weighted by Crippen LogP contribution is 2.26. The molecule has 0 heterocycles. The van der Waals surface area contributed by atoms with E-state index in [0.29, 0.717) is 17.9 Å². The van der Waals surface area contributed by atoms with Gasteiger partial charge in [-0.05, 0) is 25.5 Å². The van der Waals surface area contributed by atoms with Gasteiger partial charge in [-0.3, -0.25) is 4.79 Å². The summed E-state index contributed by atoms with van der Waals surface area (Å²) < 4.78 is 0. The van der Waals surface area contributed by atoms with Gasteiger partial charge in [0.15, 0.2) is 0 Å². The molecule has 0 saturated carbocycles. The predicted octanol–water partition coefficient (Wildman–Crippen LogP) is 3.19. The van der Waals surface area contributed by atoms with Crippen LogP contribution in [0, 0.1) is 0 Å². The van der Waals surface area contributed by atoms with Crippen LogP contribution in [0.2, 0.25) is 5.02 Å². The van der Waals surface area contributed by atoms with Gasteiger partial charge in [0.2, 0.25) is 5.91 Å². The highest BCUT2D eigenvalue weighted by molar-refractivity contribution is 8.00.